The molecule has 0 aliphatic heterocycles. The number of nitrogens with one attached hydrogen (secondary N) is 1. The van der Waals surface area contributed by atoms with E-state index in [1.165, 1.54) is 4.90 Å². The van der Waals surface area contributed by atoms with Gasteiger partial charge in [0.1, 0.15) is 0 Å². The van der Waals surface area contributed by atoms with Crippen molar-refractivity contribution in [2.24, 2.45) is 0 Å². The molecule has 0 fully saturated rings. The average molecular weight is 274 g/mol. The number of aryl methyl sites for hydroxylation is 1. The van der Waals surface area contributed by atoms with E-state index in [1.54, 1.807) is 0 Å². The number of carbonyl (C=O) groups is 2. The molecule has 0 saturated heterocycles. The lowest BCUT2D eigenvalue weighted by Gasteiger charge is -2.16. The molecule has 20 heavy (non-hydrogen) atoms. The predicted molar refractivity (Wildman–Crippen MR) is 75.9 cm³/mol. The lowest BCUT2D eigenvalue weighted by atomic mass is 10.1. The van der Waals surface area contributed by atoms with Gasteiger partial charge in [-0.15, -0.1) is 6.42 Å². The first-order valence-corrected chi connectivity index (χ1v) is 6.21. The lowest BCUT2D eigenvalue weighted by molar-refractivity contribution is -0.138. The first-order valence-electron chi connectivity index (χ1n) is 6.21. The maximum Gasteiger partial charge on any atom is 0.317 e. The van der Waals surface area contributed by atoms with E-state index < -0.39 is 5.97 Å². The molecule has 0 aliphatic rings. The van der Waals surface area contributed by atoms with Crippen LogP contribution in [0.1, 0.15) is 11.1 Å². The molecule has 5 nitrogen and oxygen atoms in total. The van der Waals surface area contributed by atoms with Crippen molar-refractivity contribution in [2.45, 2.75) is 13.5 Å². The van der Waals surface area contributed by atoms with Crippen molar-refractivity contribution in [3.63, 3.8) is 0 Å². The summed E-state index contributed by atoms with van der Waals surface area (Å²) in [6.07, 6.45) is 5.14. The Kier molecular flexibility index (Phi) is 6.27. The summed E-state index contributed by atoms with van der Waals surface area (Å²) >= 11 is 0. The molecule has 0 unspecified atom stereocenters. The third-order valence-corrected chi connectivity index (χ3v) is 2.65. The van der Waals surface area contributed by atoms with E-state index in [9.17, 15) is 9.59 Å². The predicted octanol–water partition coefficient (Wildman–Crippen LogP) is 0.631. The summed E-state index contributed by atoms with van der Waals surface area (Å²) < 4.78 is 0. The van der Waals surface area contributed by atoms with E-state index in [0.717, 1.165) is 11.1 Å². The van der Waals surface area contributed by atoms with Gasteiger partial charge in [-0.2, -0.15) is 0 Å². The maximum absolute atomic E-state index is 11.7. The second kappa shape index (κ2) is 7.97. The topological polar surface area (TPSA) is 69.6 Å². The Morgan fingerprint density at radius 3 is 2.50 bits per heavy atom. The summed E-state index contributed by atoms with van der Waals surface area (Å²) in [5.41, 5.74) is 2.15. The molecular weight excluding hydrogens is 256 g/mol. The van der Waals surface area contributed by atoms with Gasteiger partial charge >= 0.3 is 5.97 Å². The molecule has 1 aromatic rings. The van der Waals surface area contributed by atoms with Crippen molar-refractivity contribution in [3.8, 4) is 12.3 Å². The van der Waals surface area contributed by atoms with Crippen LogP contribution in [0, 0.1) is 19.3 Å². The highest BCUT2D eigenvalue weighted by Gasteiger charge is 2.12. The minimum absolute atomic E-state index is 0.0254. The van der Waals surface area contributed by atoms with Gasteiger partial charge in [-0.1, -0.05) is 35.7 Å². The van der Waals surface area contributed by atoms with Crippen molar-refractivity contribution in [3.05, 3.63) is 35.4 Å². The lowest BCUT2D eigenvalue weighted by Crippen LogP contribution is -2.39. The van der Waals surface area contributed by atoms with E-state index in [0.29, 0.717) is 6.54 Å². The molecule has 0 heterocycles. The van der Waals surface area contributed by atoms with Gasteiger partial charge in [0, 0.05) is 6.54 Å². The number of hydrogen-bond acceptors (Lipinski definition) is 3. The Bertz CT molecular complexity index is 503. The van der Waals surface area contributed by atoms with Crippen LogP contribution in [0.4, 0.5) is 0 Å². The first-order chi connectivity index (χ1) is 9.51. The van der Waals surface area contributed by atoms with Crippen LogP contribution in [-0.2, 0) is 16.1 Å². The number of terminal acetylenes is 1. The Labute approximate surface area is 118 Å². The highest BCUT2D eigenvalue weighted by Crippen LogP contribution is 2.02. The number of rotatable bonds is 7. The molecule has 0 spiro atoms. The molecule has 1 amide bonds. The molecule has 5 heteroatoms. The van der Waals surface area contributed by atoms with Crippen LogP contribution in [0.2, 0.25) is 0 Å². The van der Waals surface area contributed by atoms with E-state index in [2.05, 4.69) is 11.2 Å². The number of nitrogens with zero attached hydrogens (tertiary/aromatic N) is 1. The average Bonchev–Trinajstić information content (AvgIpc) is 2.37. The number of aliphatic carboxylic acids is 1. The van der Waals surface area contributed by atoms with Gasteiger partial charge in [-0.25, -0.2) is 0 Å². The van der Waals surface area contributed by atoms with E-state index in [1.807, 2.05) is 31.2 Å². The molecule has 0 radical (unpaired) electrons. The first kappa shape index (κ1) is 15.7. The summed E-state index contributed by atoms with van der Waals surface area (Å²) in [6, 6.07) is 7.81. The van der Waals surface area contributed by atoms with E-state index in [4.69, 9.17) is 11.5 Å². The van der Waals surface area contributed by atoms with Crippen molar-refractivity contribution in [1.29, 1.82) is 0 Å². The number of carboxylic acids is 1. The van der Waals surface area contributed by atoms with Crippen molar-refractivity contribution >= 4 is 11.9 Å². The zero-order valence-electron chi connectivity index (χ0n) is 11.4. The fraction of sp³-hybridized carbons (Fsp3) is 0.333. The second-order valence-electron chi connectivity index (χ2n) is 4.51. The Balaban J connectivity index is 2.43. The van der Waals surface area contributed by atoms with Crippen LogP contribution in [0.5, 0.6) is 0 Å². The Morgan fingerprint density at radius 2 is 1.95 bits per heavy atom. The second-order valence-corrected chi connectivity index (χ2v) is 4.51. The minimum Gasteiger partial charge on any atom is -0.480 e. The minimum atomic E-state index is -1.01. The van der Waals surface area contributed by atoms with Crippen LogP contribution in [-0.4, -0.2) is 41.5 Å². The molecular formula is C15H18N2O3. The molecule has 0 atom stereocenters. The van der Waals surface area contributed by atoms with Crippen LogP contribution >= 0.6 is 0 Å². The third kappa shape index (κ3) is 6.03. The van der Waals surface area contributed by atoms with Crippen molar-refractivity contribution < 1.29 is 14.7 Å². The Morgan fingerprint density at radius 1 is 1.30 bits per heavy atom. The normalized spacial score (nSPS) is 10.1. The van der Waals surface area contributed by atoms with Crippen molar-refractivity contribution in [1.82, 2.24) is 10.2 Å². The van der Waals surface area contributed by atoms with Gasteiger partial charge in [0.15, 0.2) is 0 Å². The monoisotopic (exact) mass is 274 g/mol. The molecule has 1 rings (SSSR count). The highest BCUT2D eigenvalue weighted by atomic mass is 16.4. The number of hydrogen-bond donors (Lipinski definition) is 2. The fourth-order valence-electron chi connectivity index (χ4n) is 1.65. The molecule has 0 aromatic heterocycles. The van der Waals surface area contributed by atoms with Gasteiger partial charge in [0.05, 0.1) is 19.6 Å². The number of amides is 1. The quantitative estimate of drug-likeness (QED) is 0.716. The zero-order valence-corrected chi connectivity index (χ0v) is 11.4. The van der Waals surface area contributed by atoms with Crippen molar-refractivity contribution in [2.75, 3.05) is 19.6 Å². The van der Waals surface area contributed by atoms with Gasteiger partial charge in [0.25, 0.3) is 0 Å². The zero-order chi connectivity index (χ0) is 15.0. The molecule has 2 N–H and O–H groups in total. The van der Waals surface area contributed by atoms with Gasteiger partial charge in [-0.3, -0.25) is 14.5 Å². The third-order valence-electron chi connectivity index (χ3n) is 2.65. The SMILES string of the molecule is C#CCN(CC(=O)O)CC(=O)NCc1ccc(C)cc1. The number of benzene rings is 1. The summed E-state index contributed by atoms with van der Waals surface area (Å²) in [5, 5.41) is 11.5. The molecule has 0 saturated carbocycles. The van der Waals surface area contributed by atoms with Gasteiger partial charge in [0.2, 0.25) is 5.91 Å². The molecule has 1 aromatic carbocycles. The largest absolute Gasteiger partial charge is 0.480 e. The van der Waals surface area contributed by atoms with Crippen LogP contribution in [0.3, 0.4) is 0 Å². The smallest absolute Gasteiger partial charge is 0.317 e. The molecule has 106 valence electrons. The molecule has 0 bridgehead atoms. The Hall–Kier alpha value is -2.32. The fourth-order valence-corrected chi connectivity index (χ4v) is 1.65. The van der Waals surface area contributed by atoms with Crippen LogP contribution in [0.25, 0.3) is 0 Å². The van der Waals surface area contributed by atoms with Crippen LogP contribution in [0.15, 0.2) is 24.3 Å². The summed E-state index contributed by atoms with van der Waals surface area (Å²) in [5.74, 6) is 1.09. The van der Waals surface area contributed by atoms with Gasteiger partial charge < -0.3 is 10.4 Å². The van der Waals surface area contributed by atoms with E-state index in [-0.39, 0.29) is 25.5 Å². The van der Waals surface area contributed by atoms with Crippen LogP contribution < -0.4 is 5.32 Å². The summed E-state index contributed by atoms with van der Waals surface area (Å²) in [7, 11) is 0. The summed E-state index contributed by atoms with van der Waals surface area (Å²) in [4.78, 5) is 23.8. The van der Waals surface area contributed by atoms with Gasteiger partial charge in [-0.05, 0) is 12.5 Å². The summed E-state index contributed by atoms with van der Waals surface area (Å²) in [6.45, 7) is 2.26. The maximum atomic E-state index is 11.7. The standard InChI is InChI=1S/C15H18N2O3/c1-3-8-17(11-15(19)20)10-14(18)16-9-13-6-4-12(2)5-7-13/h1,4-7H,8-11H2,2H3,(H,16,18)(H,19,20). The number of carboxylic acid groups (broad SMARTS) is 1. The highest BCUT2D eigenvalue weighted by molar-refractivity contribution is 5.79. The van der Waals surface area contributed by atoms with E-state index >= 15 is 0 Å². The molecule has 0 aliphatic carbocycles. The number of carbonyl (C=O) groups excluding carboxylic acids is 1.